The fourth-order valence-corrected chi connectivity index (χ4v) is 2.68. The van der Waals surface area contributed by atoms with Crippen molar-refractivity contribution in [3.8, 4) is 5.75 Å². The number of halogens is 3. The largest absolute Gasteiger partial charge is 0.493 e. The van der Waals surface area contributed by atoms with Gasteiger partial charge in [0.15, 0.2) is 0 Å². The minimum Gasteiger partial charge on any atom is -0.493 e. The van der Waals surface area contributed by atoms with Gasteiger partial charge in [-0.1, -0.05) is 24.3 Å². The molecule has 1 atom stereocenters. The molecule has 1 unspecified atom stereocenters. The second kappa shape index (κ2) is 5.91. The van der Waals surface area contributed by atoms with E-state index in [0.29, 0.717) is 6.61 Å². The molecule has 0 spiro atoms. The normalized spacial score (nSPS) is 17.5. The first-order valence-electron chi connectivity index (χ1n) is 7.17. The van der Waals surface area contributed by atoms with E-state index in [2.05, 4.69) is 5.32 Å². The van der Waals surface area contributed by atoms with Crippen LogP contribution in [-0.2, 0) is 6.18 Å². The maximum absolute atomic E-state index is 12.7. The molecule has 1 N–H and O–H groups in total. The zero-order valence-electron chi connectivity index (χ0n) is 11.9. The van der Waals surface area contributed by atoms with Gasteiger partial charge in [0.1, 0.15) is 5.75 Å². The average Bonchev–Trinajstić information content (AvgIpc) is 2.52. The smallest absolute Gasteiger partial charge is 0.416 e. The minimum absolute atomic E-state index is 0.187. The van der Waals surface area contributed by atoms with Crippen LogP contribution in [0.15, 0.2) is 48.5 Å². The molecule has 0 aromatic heterocycles. The van der Waals surface area contributed by atoms with Crippen LogP contribution in [-0.4, -0.2) is 13.2 Å². The molecule has 0 amide bonds. The van der Waals surface area contributed by atoms with Crippen LogP contribution in [0.5, 0.6) is 5.75 Å². The summed E-state index contributed by atoms with van der Waals surface area (Å²) in [5.41, 5.74) is 1.54. The Hall–Kier alpha value is -2.17. The van der Waals surface area contributed by atoms with Crippen molar-refractivity contribution < 1.29 is 17.9 Å². The molecular weight excluding hydrogens is 291 g/mol. The molecule has 0 saturated heterocycles. The van der Waals surface area contributed by atoms with Crippen LogP contribution < -0.4 is 10.1 Å². The summed E-state index contributed by atoms with van der Waals surface area (Å²) in [5, 5.41) is 3.32. The summed E-state index contributed by atoms with van der Waals surface area (Å²) in [4.78, 5) is 0. The van der Waals surface area contributed by atoms with Crippen LogP contribution in [0, 0.1) is 0 Å². The Kier molecular flexibility index (Phi) is 3.96. The van der Waals surface area contributed by atoms with E-state index >= 15 is 0 Å². The lowest BCUT2D eigenvalue weighted by Crippen LogP contribution is -2.21. The van der Waals surface area contributed by atoms with Gasteiger partial charge in [0.05, 0.1) is 12.2 Å². The molecule has 1 aliphatic heterocycles. The van der Waals surface area contributed by atoms with E-state index in [1.165, 1.54) is 6.07 Å². The predicted octanol–water partition coefficient (Wildman–Crippen LogP) is 4.68. The second-order valence-corrected chi connectivity index (χ2v) is 5.34. The standard InChI is InChI=1S/C17H16F3NO/c18-17(19,20)13-4-3-5-14(10-13)22-11-12-8-9-21-16-7-2-1-6-15(12)16/h1-7,10,12,21H,8-9,11H2. The zero-order valence-corrected chi connectivity index (χ0v) is 11.9. The lowest BCUT2D eigenvalue weighted by molar-refractivity contribution is -0.137. The van der Waals surface area contributed by atoms with Gasteiger partial charge in [-0.3, -0.25) is 0 Å². The van der Waals surface area contributed by atoms with E-state index in [9.17, 15) is 13.2 Å². The molecule has 22 heavy (non-hydrogen) atoms. The van der Waals surface area contributed by atoms with Crippen LogP contribution in [0.1, 0.15) is 23.5 Å². The van der Waals surface area contributed by atoms with Gasteiger partial charge in [0.25, 0.3) is 0 Å². The highest BCUT2D eigenvalue weighted by Crippen LogP contribution is 2.33. The van der Waals surface area contributed by atoms with Crippen molar-refractivity contribution in [2.75, 3.05) is 18.5 Å². The molecule has 0 saturated carbocycles. The number of benzene rings is 2. The summed E-state index contributed by atoms with van der Waals surface area (Å²) in [5.74, 6) is 0.442. The van der Waals surface area contributed by atoms with Crippen molar-refractivity contribution in [3.63, 3.8) is 0 Å². The molecule has 0 radical (unpaired) electrons. The minimum atomic E-state index is -4.35. The molecule has 0 fully saturated rings. The highest BCUT2D eigenvalue weighted by atomic mass is 19.4. The topological polar surface area (TPSA) is 21.3 Å². The first kappa shape index (κ1) is 14.8. The maximum atomic E-state index is 12.7. The summed E-state index contributed by atoms with van der Waals surface area (Å²) < 4.78 is 43.7. The van der Waals surface area contributed by atoms with Gasteiger partial charge in [-0.05, 0) is 36.2 Å². The molecule has 5 heteroatoms. The summed E-state index contributed by atoms with van der Waals surface area (Å²) in [6, 6.07) is 13.0. The molecule has 2 aromatic rings. The number of hydrogen-bond acceptors (Lipinski definition) is 2. The fourth-order valence-electron chi connectivity index (χ4n) is 2.68. The molecule has 1 heterocycles. The van der Waals surface area contributed by atoms with Gasteiger partial charge in [0, 0.05) is 18.2 Å². The SMILES string of the molecule is FC(F)(F)c1cccc(OCC2CCNc3ccccc32)c1. The van der Waals surface area contributed by atoms with E-state index in [-0.39, 0.29) is 11.7 Å². The van der Waals surface area contributed by atoms with Crippen molar-refractivity contribution in [2.45, 2.75) is 18.5 Å². The highest BCUT2D eigenvalue weighted by molar-refractivity contribution is 5.54. The van der Waals surface area contributed by atoms with Gasteiger partial charge >= 0.3 is 6.18 Å². The number of para-hydroxylation sites is 1. The van der Waals surface area contributed by atoms with Crippen LogP contribution in [0.3, 0.4) is 0 Å². The van der Waals surface area contributed by atoms with E-state index in [1.54, 1.807) is 6.07 Å². The summed E-state index contributed by atoms with van der Waals surface area (Å²) in [6.07, 6.45) is -3.45. The molecule has 3 rings (SSSR count). The number of alkyl halides is 3. The average molecular weight is 307 g/mol. The van der Waals surface area contributed by atoms with Crippen LogP contribution in [0.4, 0.5) is 18.9 Å². The predicted molar refractivity (Wildman–Crippen MR) is 79.2 cm³/mol. The van der Waals surface area contributed by atoms with Gasteiger partial charge in [-0.15, -0.1) is 0 Å². The third-order valence-corrected chi connectivity index (χ3v) is 3.82. The fraction of sp³-hybridized carbons (Fsp3) is 0.294. The molecule has 1 aliphatic rings. The van der Waals surface area contributed by atoms with Gasteiger partial charge in [-0.2, -0.15) is 13.2 Å². The Labute approximate surface area is 126 Å². The number of hydrogen-bond donors (Lipinski definition) is 1. The van der Waals surface area contributed by atoms with Gasteiger partial charge in [-0.25, -0.2) is 0 Å². The zero-order chi connectivity index (χ0) is 15.6. The third-order valence-electron chi connectivity index (χ3n) is 3.82. The van der Waals surface area contributed by atoms with E-state index < -0.39 is 11.7 Å². The second-order valence-electron chi connectivity index (χ2n) is 5.34. The van der Waals surface area contributed by atoms with Crippen molar-refractivity contribution in [1.29, 1.82) is 0 Å². The Morgan fingerprint density at radius 1 is 1.09 bits per heavy atom. The molecule has 2 nitrogen and oxygen atoms in total. The number of nitrogens with one attached hydrogen (secondary N) is 1. The van der Waals surface area contributed by atoms with E-state index in [1.807, 2.05) is 24.3 Å². The Morgan fingerprint density at radius 2 is 1.91 bits per heavy atom. The lowest BCUT2D eigenvalue weighted by Gasteiger charge is -2.26. The first-order chi connectivity index (χ1) is 10.5. The number of rotatable bonds is 3. The van der Waals surface area contributed by atoms with Crippen molar-refractivity contribution >= 4 is 5.69 Å². The van der Waals surface area contributed by atoms with Crippen molar-refractivity contribution in [1.82, 2.24) is 0 Å². The van der Waals surface area contributed by atoms with Gasteiger partial charge in [0.2, 0.25) is 0 Å². The van der Waals surface area contributed by atoms with Gasteiger partial charge < -0.3 is 10.1 Å². The molecular formula is C17H16F3NO. The third kappa shape index (κ3) is 3.18. The Balaban J connectivity index is 1.71. The molecule has 2 aromatic carbocycles. The first-order valence-corrected chi connectivity index (χ1v) is 7.17. The summed E-state index contributed by atoms with van der Waals surface area (Å²) >= 11 is 0. The quantitative estimate of drug-likeness (QED) is 0.888. The lowest BCUT2D eigenvalue weighted by atomic mass is 9.92. The Bertz CT molecular complexity index is 654. The van der Waals surface area contributed by atoms with Crippen LogP contribution in [0.2, 0.25) is 0 Å². The maximum Gasteiger partial charge on any atom is 0.416 e. The number of anilines is 1. The van der Waals surface area contributed by atoms with Crippen molar-refractivity contribution in [3.05, 3.63) is 59.7 Å². The van der Waals surface area contributed by atoms with E-state index in [4.69, 9.17) is 4.74 Å². The van der Waals surface area contributed by atoms with E-state index in [0.717, 1.165) is 36.3 Å². The monoisotopic (exact) mass is 307 g/mol. The molecule has 116 valence electrons. The molecule has 0 aliphatic carbocycles. The van der Waals surface area contributed by atoms with Crippen LogP contribution in [0.25, 0.3) is 0 Å². The summed E-state index contributed by atoms with van der Waals surface area (Å²) in [7, 11) is 0. The Morgan fingerprint density at radius 3 is 2.73 bits per heavy atom. The number of ether oxygens (including phenoxy) is 1. The summed E-state index contributed by atoms with van der Waals surface area (Å²) in [6.45, 7) is 1.22. The van der Waals surface area contributed by atoms with Crippen molar-refractivity contribution in [2.24, 2.45) is 0 Å². The van der Waals surface area contributed by atoms with Crippen LogP contribution >= 0.6 is 0 Å². The number of fused-ring (bicyclic) bond motifs is 1. The highest BCUT2D eigenvalue weighted by Gasteiger charge is 2.30. The molecule has 0 bridgehead atoms.